The Morgan fingerprint density at radius 2 is 1.81 bits per heavy atom. The van der Waals surface area contributed by atoms with Gasteiger partial charge in [0.1, 0.15) is 5.82 Å². The number of nitrogens with one attached hydrogen (secondary N) is 1. The van der Waals surface area contributed by atoms with Crippen molar-refractivity contribution < 1.29 is 9.18 Å². The van der Waals surface area contributed by atoms with Crippen LogP contribution in [0.3, 0.4) is 0 Å². The van der Waals surface area contributed by atoms with Gasteiger partial charge in [0.25, 0.3) is 0 Å². The van der Waals surface area contributed by atoms with E-state index >= 15 is 0 Å². The lowest BCUT2D eigenvalue weighted by molar-refractivity contribution is -0.120. The number of carbonyl (C=O) groups excluding carboxylic acids is 1. The summed E-state index contributed by atoms with van der Waals surface area (Å²) in [6.07, 6.45) is 0. The highest BCUT2D eigenvalue weighted by Gasteiger charge is 2.13. The van der Waals surface area contributed by atoms with Crippen LogP contribution in [0, 0.1) is 5.82 Å². The molecule has 0 fully saturated rings. The van der Waals surface area contributed by atoms with Gasteiger partial charge in [-0.25, -0.2) is 4.39 Å². The molecule has 2 aromatic rings. The van der Waals surface area contributed by atoms with E-state index in [9.17, 15) is 9.18 Å². The summed E-state index contributed by atoms with van der Waals surface area (Å²) in [5.41, 5.74) is 1.70. The maximum atomic E-state index is 13.5. The number of amides is 1. The summed E-state index contributed by atoms with van der Waals surface area (Å²) in [6.45, 7) is 2.36. The summed E-state index contributed by atoms with van der Waals surface area (Å²) in [7, 11) is 0. The van der Waals surface area contributed by atoms with Crippen LogP contribution < -0.4 is 5.32 Å². The average Bonchev–Trinajstić information content (AvgIpc) is 2.52. The topological polar surface area (TPSA) is 29.1 Å². The Bertz CT molecular complexity index is 588. The van der Waals surface area contributed by atoms with E-state index in [0.29, 0.717) is 17.9 Å². The van der Waals surface area contributed by atoms with Crippen LogP contribution in [0.5, 0.6) is 0 Å². The molecule has 110 valence electrons. The summed E-state index contributed by atoms with van der Waals surface area (Å²) in [5.74, 6) is 0.245. The van der Waals surface area contributed by atoms with Crippen molar-refractivity contribution in [2.45, 2.75) is 24.5 Å². The van der Waals surface area contributed by atoms with E-state index < -0.39 is 0 Å². The van der Waals surface area contributed by atoms with Gasteiger partial charge in [0.15, 0.2) is 0 Å². The Balaban J connectivity index is 1.79. The molecule has 2 nitrogen and oxygen atoms in total. The molecule has 0 saturated heterocycles. The molecule has 0 bridgehead atoms. The zero-order chi connectivity index (χ0) is 15.1. The van der Waals surface area contributed by atoms with Crippen molar-refractivity contribution in [3.8, 4) is 0 Å². The number of hydrogen-bond acceptors (Lipinski definition) is 2. The zero-order valence-corrected chi connectivity index (χ0v) is 12.7. The van der Waals surface area contributed by atoms with Gasteiger partial charge in [-0.2, -0.15) is 0 Å². The third-order valence-corrected chi connectivity index (χ3v) is 4.32. The van der Waals surface area contributed by atoms with E-state index in [4.69, 9.17) is 0 Å². The third-order valence-electron chi connectivity index (χ3n) is 3.13. The number of hydrogen-bond donors (Lipinski definition) is 1. The lowest BCUT2D eigenvalue weighted by Gasteiger charge is -2.12. The third kappa shape index (κ3) is 4.90. The Hall–Kier alpha value is -1.81. The van der Waals surface area contributed by atoms with Gasteiger partial charge in [-0.3, -0.25) is 4.79 Å². The van der Waals surface area contributed by atoms with Crippen molar-refractivity contribution in [3.63, 3.8) is 0 Å². The molecule has 0 radical (unpaired) electrons. The normalized spacial score (nSPS) is 11.9. The molecule has 4 heteroatoms. The smallest absolute Gasteiger partial charge is 0.233 e. The van der Waals surface area contributed by atoms with Crippen molar-refractivity contribution in [2.75, 3.05) is 0 Å². The highest BCUT2D eigenvalue weighted by Crippen LogP contribution is 2.19. The van der Waals surface area contributed by atoms with Gasteiger partial charge >= 0.3 is 0 Å². The number of carbonyl (C=O) groups is 1. The van der Waals surface area contributed by atoms with E-state index in [1.165, 1.54) is 17.8 Å². The van der Waals surface area contributed by atoms with Crippen LogP contribution in [-0.2, 0) is 17.1 Å². The standard InChI is InChI=1S/C17H18FNOS/c1-13(21-12-15-9-5-6-10-16(15)18)17(20)19-11-14-7-3-2-4-8-14/h2-10,13H,11-12H2,1H3,(H,19,20)/t13-/m1/s1. The first kappa shape index (κ1) is 15.6. The van der Waals surface area contributed by atoms with E-state index in [1.807, 2.05) is 37.3 Å². The molecule has 0 aliphatic rings. The minimum atomic E-state index is -0.220. The number of thioether (sulfide) groups is 1. The minimum absolute atomic E-state index is 0.0276. The van der Waals surface area contributed by atoms with E-state index in [-0.39, 0.29) is 17.0 Å². The molecule has 0 saturated carbocycles. The van der Waals surface area contributed by atoms with Gasteiger partial charge in [-0.15, -0.1) is 11.8 Å². The van der Waals surface area contributed by atoms with Gasteiger partial charge in [0.05, 0.1) is 5.25 Å². The number of halogens is 1. The average molecular weight is 303 g/mol. The van der Waals surface area contributed by atoms with Crippen LogP contribution >= 0.6 is 11.8 Å². The fourth-order valence-corrected chi connectivity index (χ4v) is 2.73. The Morgan fingerprint density at radius 3 is 2.52 bits per heavy atom. The SMILES string of the molecule is C[C@@H](SCc1ccccc1F)C(=O)NCc1ccccc1. The molecule has 2 aromatic carbocycles. The quantitative estimate of drug-likeness (QED) is 0.880. The van der Waals surface area contributed by atoms with E-state index in [0.717, 1.165) is 5.56 Å². The Morgan fingerprint density at radius 1 is 1.14 bits per heavy atom. The molecule has 21 heavy (non-hydrogen) atoms. The number of benzene rings is 2. The van der Waals surface area contributed by atoms with Gasteiger partial charge in [-0.05, 0) is 24.1 Å². The molecular weight excluding hydrogens is 285 g/mol. The molecule has 1 N–H and O–H groups in total. The molecule has 0 unspecified atom stereocenters. The molecule has 1 amide bonds. The van der Waals surface area contributed by atoms with Crippen molar-refractivity contribution >= 4 is 17.7 Å². The first-order chi connectivity index (χ1) is 10.2. The van der Waals surface area contributed by atoms with Crippen LogP contribution in [0.25, 0.3) is 0 Å². The second kappa shape index (κ2) is 7.84. The zero-order valence-electron chi connectivity index (χ0n) is 11.9. The van der Waals surface area contributed by atoms with Crippen molar-refractivity contribution in [1.29, 1.82) is 0 Å². The summed E-state index contributed by atoms with van der Waals surface area (Å²) < 4.78 is 13.5. The van der Waals surface area contributed by atoms with E-state index in [2.05, 4.69) is 5.32 Å². The molecule has 1 atom stereocenters. The van der Waals surface area contributed by atoms with Crippen LogP contribution in [0.15, 0.2) is 54.6 Å². The lowest BCUT2D eigenvalue weighted by atomic mass is 10.2. The summed E-state index contributed by atoms with van der Waals surface area (Å²) in [5, 5.41) is 2.68. The van der Waals surface area contributed by atoms with Gasteiger partial charge in [0, 0.05) is 12.3 Å². The van der Waals surface area contributed by atoms with Crippen LogP contribution in [-0.4, -0.2) is 11.2 Å². The lowest BCUT2D eigenvalue weighted by Crippen LogP contribution is -2.30. The van der Waals surface area contributed by atoms with Gasteiger partial charge in [0.2, 0.25) is 5.91 Å². The fraction of sp³-hybridized carbons (Fsp3) is 0.235. The Kier molecular flexibility index (Phi) is 5.81. The van der Waals surface area contributed by atoms with Gasteiger partial charge < -0.3 is 5.32 Å². The first-order valence-corrected chi connectivity index (χ1v) is 7.88. The molecule has 0 aliphatic carbocycles. The molecule has 2 rings (SSSR count). The Labute approximate surface area is 128 Å². The van der Waals surface area contributed by atoms with Gasteiger partial charge in [-0.1, -0.05) is 48.5 Å². The van der Waals surface area contributed by atoms with Crippen LogP contribution in [0.2, 0.25) is 0 Å². The van der Waals surface area contributed by atoms with Crippen molar-refractivity contribution in [2.24, 2.45) is 0 Å². The first-order valence-electron chi connectivity index (χ1n) is 6.83. The monoisotopic (exact) mass is 303 g/mol. The molecule has 0 aromatic heterocycles. The highest BCUT2D eigenvalue weighted by atomic mass is 32.2. The maximum Gasteiger partial charge on any atom is 0.233 e. The van der Waals surface area contributed by atoms with Crippen LogP contribution in [0.1, 0.15) is 18.1 Å². The summed E-state index contributed by atoms with van der Waals surface area (Å²) in [6, 6.07) is 16.4. The second-order valence-corrected chi connectivity index (χ2v) is 6.08. The van der Waals surface area contributed by atoms with Crippen LogP contribution in [0.4, 0.5) is 4.39 Å². The fourth-order valence-electron chi connectivity index (χ4n) is 1.83. The molecule has 0 heterocycles. The minimum Gasteiger partial charge on any atom is -0.351 e. The molecular formula is C17H18FNOS. The highest BCUT2D eigenvalue weighted by molar-refractivity contribution is 7.99. The largest absolute Gasteiger partial charge is 0.351 e. The number of rotatable bonds is 6. The predicted molar refractivity (Wildman–Crippen MR) is 85.4 cm³/mol. The van der Waals surface area contributed by atoms with Crippen molar-refractivity contribution in [3.05, 3.63) is 71.5 Å². The van der Waals surface area contributed by atoms with Crippen molar-refractivity contribution in [1.82, 2.24) is 5.32 Å². The van der Waals surface area contributed by atoms with E-state index in [1.54, 1.807) is 18.2 Å². The second-order valence-electron chi connectivity index (χ2n) is 4.75. The maximum absolute atomic E-state index is 13.5. The summed E-state index contributed by atoms with van der Waals surface area (Å²) >= 11 is 1.43. The molecule has 0 aliphatic heterocycles. The molecule has 0 spiro atoms. The predicted octanol–water partition coefficient (Wildman–Crippen LogP) is 3.76. The summed E-state index contributed by atoms with van der Waals surface area (Å²) in [4.78, 5) is 12.0.